The monoisotopic (exact) mass is 323 g/mol. The van der Waals surface area contributed by atoms with E-state index >= 15 is 0 Å². The molecule has 2 aromatic heterocycles. The van der Waals surface area contributed by atoms with Crippen molar-refractivity contribution in [1.29, 1.82) is 0 Å². The lowest BCUT2D eigenvalue weighted by atomic mass is 10.2. The zero-order valence-corrected chi connectivity index (χ0v) is 13.5. The van der Waals surface area contributed by atoms with E-state index in [-0.39, 0.29) is 5.91 Å². The van der Waals surface area contributed by atoms with Crippen LogP contribution >= 0.6 is 11.8 Å². The first-order valence-electron chi connectivity index (χ1n) is 7.72. The Labute approximate surface area is 139 Å². The summed E-state index contributed by atoms with van der Waals surface area (Å²) in [5.41, 5.74) is 3.58. The maximum atomic E-state index is 12.6. The molecule has 1 fully saturated rings. The number of thioether (sulfide) groups is 1. The van der Waals surface area contributed by atoms with Crippen molar-refractivity contribution < 1.29 is 4.79 Å². The van der Waals surface area contributed by atoms with Gasteiger partial charge in [-0.2, -0.15) is 11.8 Å². The molecule has 0 radical (unpaired) electrons. The van der Waals surface area contributed by atoms with E-state index in [4.69, 9.17) is 0 Å². The average molecular weight is 323 g/mol. The van der Waals surface area contributed by atoms with Gasteiger partial charge in [-0.1, -0.05) is 30.3 Å². The molecule has 0 aliphatic carbocycles. The molecule has 0 spiro atoms. The number of carbonyl (C=O) groups is 1. The van der Waals surface area contributed by atoms with Gasteiger partial charge in [0.1, 0.15) is 5.65 Å². The van der Waals surface area contributed by atoms with Gasteiger partial charge in [0.25, 0.3) is 5.91 Å². The van der Waals surface area contributed by atoms with Crippen molar-refractivity contribution in [2.24, 2.45) is 0 Å². The molecule has 1 aromatic carbocycles. The van der Waals surface area contributed by atoms with Gasteiger partial charge in [-0.3, -0.25) is 4.79 Å². The van der Waals surface area contributed by atoms with Crippen molar-refractivity contribution in [2.75, 3.05) is 24.6 Å². The molecule has 1 aliphatic rings. The second kappa shape index (κ2) is 6.08. The number of aromatic nitrogens is 2. The van der Waals surface area contributed by atoms with E-state index in [1.807, 2.05) is 75.9 Å². The normalized spacial score (nSPS) is 15.0. The fraction of sp³-hybridized carbons (Fsp3) is 0.222. The van der Waals surface area contributed by atoms with E-state index in [2.05, 4.69) is 4.98 Å². The van der Waals surface area contributed by atoms with Crippen LogP contribution in [0.15, 0.2) is 54.9 Å². The average Bonchev–Trinajstić information content (AvgIpc) is 3.06. The topological polar surface area (TPSA) is 37.6 Å². The predicted molar refractivity (Wildman–Crippen MR) is 93.9 cm³/mol. The standard InChI is InChI=1S/C18H17N3OS/c22-18(20-8-10-23-11-9-20)15-6-7-17-19-16(13-21(17)12-15)14-4-2-1-3-5-14/h1-7,12-13H,8-11H2. The molecule has 4 rings (SSSR count). The highest BCUT2D eigenvalue weighted by molar-refractivity contribution is 7.99. The number of hydrogen-bond acceptors (Lipinski definition) is 3. The Morgan fingerprint density at radius 3 is 2.57 bits per heavy atom. The maximum absolute atomic E-state index is 12.6. The van der Waals surface area contributed by atoms with Crippen LogP contribution in [0, 0.1) is 0 Å². The number of fused-ring (bicyclic) bond motifs is 1. The number of hydrogen-bond donors (Lipinski definition) is 0. The highest BCUT2D eigenvalue weighted by Crippen LogP contribution is 2.20. The molecule has 3 heterocycles. The quantitative estimate of drug-likeness (QED) is 0.727. The first-order valence-corrected chi connectivity index (χ1v) is 8.88. The van der Waals surface area contributed by atoms with Crippen molar-refractivity contribution in [3.8, 4) is 11.3 Å². The molecule has 4 nitrogen and oxygen atoms in total. The van der Waals surface area contributed by atoms with Gasteiger partial charge < -0.3 is 9.30 Å². The molecule has 5 heteroatoms. The molecule has 23 heavy (non-hydrogen) atoms. The Hall–Kier alpha value is -2.27. The summed E-state index contributed by atoms with van der Waals surface area (Å²) in [6, 6.07) is 13.9. The first-order chi connectivity index (χ1) is 11.3. The van der Waals surface area contributed by atoms with E-state index in [9.17, 15) is 4.79 Å². The smallest absolute Gasteiger partial charge is 0.255 e. The highest BCUT2D eigenvalue weighted by atomic mass is 32.2. The van der Waals surface area contributed by atoms with Gasteiger partial charge in [-0.05, 0) is 12.1 Å². The summed E-state index contributed by atoms with van der Waals surface area (Å²) < 4.78 is 1.94. The number of nitrogens with zero attached hydrogens (tertiary/aromatic N) is 3. The van der Waals surface area contributed by atoms with Gasteiger partial charge in [0, 0.05) is 42.6 Å². The zero-order chi connectivity index (χ0) is 15.6. The maximum Gasteiger partial charge on any atom is 0.255 e. The molecule has 1 aliphatic heterocycles. The van der Waals surface area contributed by atoms with Crippen LogP contribution in [-0.2, 0) is 0 Å². The summed E-state index contributed by atoms with van der Waals surface area (Å²) in [7, 11) is 0. The molecule has 1 saturated heterocycles. The van der Waals surface area contributed by atoms with Crippen molar-refractivity contribution in [3.05, 3.63) is 60.4 Å². The van der Waals surface area contributed by atoms with E-state index < -0.39 is 0 Å². The van der Waals surface area contributed by atoms with Crippen LogP contribution < -0.4 is 0 Å². The Morgan fingerprint density at radius 2 is 1.78 bits per heavy atom. The van der Waals surface area contributed by atoms with Crippen molar-refractivity contribution in [1.82, 2.24) is 14.3 Å². The highest BCUT2D eigenvalue weighted by Gasteiger charge is 2.19. The molecule has 0 saturated carbocycles. The Kier molecular flexibility index (Phi) is 3.79. The number of carbonyl (C=O) groups excluding carboxylic acids is 1. The fourth-order valence-electron chi connectivity index (χ4n) is 2.82. The predicted octanol–water partition coefficient (Wildman–Crippen LogP) is 3.19. The van der Waals surface area contributed by atoms with Crippen LogP contribution in [0.4, 0.5) is 0 Å². The van der Waals surface area contributed by atoms with Gasteiger partial charge in [-0.25, -0.2) is 4.98 Å². The van der Waals surface area contributed by atoms with E-state index in [1.165, 1.54) is 0 Å². The lowest BCUT2D eigenvalue weighted by molar-refractivity contribution is 0.0772. The molecule has 0 N–H and O–H groups in total. The van der Waals surface area contributed by atoms with E-state index in [0.29, 0.717) is 0 Å². The summed E-state index contributed by atoms with van der Waals surface area (Å²) in [6.07, 6.45) is 3.87. The number of pyridine rings is 1. The molecular formula is C18H17N3OS. The lowest BCUT2D eigenvalue weighted by Crippen LogP contribution is -2.37. The van der Waals surface area contributed by atoms with Crippen molar-refractivity contribution in [3.63, 3.8) is 0 Å². The lowest BCUT2D eigenvalue weighted by Gasteiger charge is -2.26. The van der Waals surface area contributed by atoms with Crippen LogP contribution in [0.2, 0.25) is 0 Å². The van der Waals surface area contributed by atoms with Gasteiger partial charge >= 0.3 is 0 Å². The second-order valence-electron chi connectivity index (χ2n) is 5.58. The fourth-order valence-corrected chi connectivity index (χ4v) is 3.72. The van der Waals surface area contributed by atoms with Crippen LogP contribution in [0.25, 0.3) is 16.9 Å². The van der Waals surface area contributed by atoms with E-state index in [1.54, 1.807) is 0 Å². The van der Waals surface area contributed by atoms with Crippen LogP contribution in [0.3, 0.4) is 0 Å². The minimum atomic E-state index is 0.113. The van der Waals surface area contributed by atoms with Crippen molar-refractivity contribution >= 4 is 23.3 Å². The molecule has 1 amide bonds. The number of imidazole rings is 1. The minimum absolute atomic E-state index is 0.113. The minimum Gasteiger partial charge on any atom is -0.337 e. The zero-order valence-electron chi connectivity index (χ0n) is 12.7. The number of benzene rings is 1. The third-order valence-corrected chi connectivity index (χ3v) is 5.01. The van der Waals surface area contributed by atoms with Crippen LogP contribution in [-0.4, -0.2) is 44.8 Å². The second-order valence-corrected chi connectivity index (χ2v) is 6.80. The molecular weight excluding hydrogens is 306 g/mol. The molecule has 0 bridgehead atoms. The van der Waals surface area contributed by atoms with Gasteiger partial charge in [0.2, 0.25) is 0 Å². The van der Waals surface area contributed by atoms with Gasteiger partial charge in [-0.15, -0.1) is 0 Å². The largest absolute Gasteiger partial charge is 0.337 e. The Morgan fingerprint density at radius 1 is 1.00 bits per heavy atom. The summed E-state index contributed by atoms with van der Waals surface area (Å²) in [6.45, 7) is 1.67. The number of rotatable bonds is 2. The van der Waals surface area contributed by atoms with E-state index in [0.717, 1.165) is 47.1 Å². The molecule has 0 unspecified atom stereocenters. The summed E-state index contributed by atoms with van der Waals surface area (Å²) in [5, 5.41) is 0. The molecule has 3 aromatic rings. The Balaban J connectivity index is 1.66. The van der Waals surface area contributed by atoms with Gasteiger partial charge in [0.15, 0.2) is 0 Å². The Bertz CT molecular complexity index is 838. The summed E-state index contributed by atoms with van der Waals surface area (Å²) in [5.74, 6) is 2.16. The van der Waals surface area contributed by atoms with Gasteiger partial charge in [0.05, 0.1) is 11.3 Å². The molecule has 116 valence electrons. The van der Waals surface area contributed by atoms with Crippen LogP contribution in [0.5, 0.6) is 0 Å². The summed E-state index contributed by atoms with van der Waals surface area (Å²) >= 11 is 1.91. The molecule has 0 atom stereocenters. The third-order valence-electron chi connectivity index (χ3n) is 4.07. The SMILES string of the molecule is O=C(c1ccc2nc(-c3ccccc3)cn2c1)N1CCSCC1. The summed E-state index contributed by atoms with van der Waals surface area (Å²) in [4.78, 5) is 19.2. The third kappa shape index (κ3) is 2.84. The first kappa shape index (κ1) is 14.3. The van der Waals surface area contributed by atoms with Crippen molar-refractivity contribution in [2.45, 2.75) is 0 Å². The number of amides is 1. The van der Waals surface area contributed by atoms with Crippen LogP contribution in [0.1, 0.15) is 10.4 Å².